The van der Waals surface area contributed by atoms with Crippen LogP contribution in [0, 0.1) is 6.92 Å². The maximum absolute atomic E-state index is 6.18. The maximum atomic E-state index is 6.18. The predicted octanol–water partition coefficient (Wildman–Crippen LogP) is 5.03. The number of nitrogen functional groups attached to an aromatic ring is 1. The van der Waals surface area contributed by atoms with Crippen molar-refractivity contribution in [1.29, 1.82) is 0 Å². The molecule has 0 saturated carbocycles. The van der Waals surface area contributed by atoms with Crippen LogP contribution in [0.2, 0.25) is 10.0 Å². The first-order valence-electron chi connectivity index (χ1n) is 7.65. The van der Waals surface area contributed by atoms with Gasteiger partial charge in [0.05, 0.1) is 0 Å². The van der Waals surface area contributed by atoms with Gasteiger partial charge >= 0.3 is 0 Å². The molecule has 0 spiro atoms. The molecule has 3 rings (SSSR count). The molecule has 0 radical (unpaired) electrons. The molecule has 1 aromatic heterocycles. The maximum Gasteiger partial charge on any atom is 0.159 e. The molecule has 128 valence electrons. The lowest BCUT2D eigenvalue weighted by Gasteiger charge is -2.13. The highest BCUT2D eigenvalue weighted by Crippen LogP contribution is 2.28. The summed E-state index contributed by atoms with van der Waals surface area (Å²) in [6, 6.07) is 13.3. The van der Waals surface area contributed by atoms with E-state index in [0.29, 0.717) is 33.9 Å². The number of nitrogens with two attached hydrogens (primary N) is 1. The van der Waals surface area contributed by atoms with Gasteiger partial charge in [0.15, 0.2) is 11.6 Å². The number of aryl methyl sites for hydroxylation is 1. The number of nitrogens with zero attached hydrogens (tertiary/aromatic N) is 2. The van der Waals surface area contributed by atoms with E-state index in [9.17, 15) is 0 Å². The molecular weight excluding hydrogens is 357 g/mol. The second-order valence-electron chi connectivity index (χ2n) is 5.55. The van der Waals surface area contributed by atoms with Crippen LogP contribution in [0.1, 0.15) is 11.1 Å². The summed E-state index contributed by atoms with van der Waals surface area (Å²) in [7, 11) is 0. The number of nitrogens with one attached hydrogen (secondary N) is 2. The normalized spacial score (nSPS) is 10.5. The van der Waals surface area contributed by atoms with Crippen molar-refractivity contribution in [3.8, 4) is 0 Å². The van der Waals surface area contributed by atoms with Crippen LogP contribution < -0.4 is 16.4 Å². The molecule has 0 fully saturated rings. The molecule has 7 heteroatoms. The van der Waals surface area contributed by atoms with Crippen molar-refractivity contribution in [2.24, 2.45) is 0 Å². The zero-order chi connectivity index (χ0) is 17.8. The van der Waals surface area contributed by atoms with Gasteiger partial charge in [0.25, 0.3) is 0 Å². The van der Waals surface area contributed by atoms with Gasteiger partial charge in [0.1, 0.15) is 12.0 Å². The molecule has 0 amide bonds. The number of hydrogen-bond acceptors (Lipinski definition) is 5. The smallest absolute Gasteiger partial charge is 0.159 e. The fourth-order valence-electron chi connectivity index (χ4n) is 2.23. The Morgan fingerprint density at radius 3 is 2.44 bits per heavy atom. The molecular formula is C18H17Cl2N5. The summed E-state index contributed by atoms with van der Waals surface area (Å²) < 4.78 is 0. The molecule has 5 nitrogen and oxygen atoms in total. The van der Waals surface area contributed by atoms with E-state index in [1.54, 1.807) is 0 Å². The molecule has 3 aromatic rings. The van der Waals surface area contributed by atoms with Gasteiger partial charge in [-0.1, -0.05) is 41.4 Å². The number of halogens is 2. The Bertz CT molecular complexity index is 881. The molecule has 0 unspecified atom stereocenters. The SMILES string of the molecule is Cc1ccc(Nc2ncnc(NCc3ccc(Cl)cc3)c2N)cc1Cl. The predicted molar refractivity (Wildman–Crippen MR) is 105 cm³/mol. The van der Waals surface area contributed by atoms with Crippen LogP contribution in [-0.4, -0.2) is 9.97 Å². The lowest BCUT2D eigenvalue weighted by atomic mass is 10.2. The van der Waals surface area contributed by atoms with Crippen LogP contribution in [-0.2, 0) is 6.54 Å². The first kappa shape index (κ1) is 17.3. The first-order valence-corrected chi connectivity index (χ1v) is 8.40. The summed E-state index contributed by atoms with van der Waals surface area (Å²) in [5, 5.41) is 7.76. The minimum absolute atomic E-state index is 0.438. The van der Waals surface area contributed by atoms with Crippen molar-refractivity contribution in [2.75, 3.05) is 16.4 Å². The number of hydrogen-bond donors (Lipinski definition) is 3. The third-order valence-electron chi connectivity index (χ3n) is 3.69. The summed E-state index contributed by atoms with van der Waals surface area (Å²) in [5.74, 6) is 1.08. The average Bonchev–Trinajstić information content (AvgIpc) is 2.60. The highest BCUT2D eigenvalue weighted by atomic mass is 35.5. The van der Waals surface area contributed by atoms with Crippen LogP contribution in [0.5, 0.6) is 0 Å². The summed E-state index contributed by atoms with van der Waals surface area (Å²) in [6.45, 7) is 2.53. The molecule has 0 bridgehead atoms. The van der Waals surface area contributed by atoms with Gasteiger partial charge in [0, 0.05) is 22.3 Å². The molecule has 1 heterocycles. The van der Waals surface area contributed by atoms with Crippen molar-refractivity contribution in [3.05, 3.63) is 70.0 Å². The third-order valence-corrected chi connectivity index (χ3v) is 4.35. The summed E-state index contributed by atoms with van der Waals surface area (Å²) in [4.78, 5) is 8.41. The minimum atomic E-state index is 0.438. The highest BCUT2D eigenvalue weighted by Gasteiger charge is 2.09. The molecule has 0 atom stereocenters. The minimum Gasteiger partial charge on any atom is -0.393 e. The van der Waals surface area contributed by atoms with E-state index in [1.165, 1.54) is 6.33 Å². The van der Waals surface area contributed by atoms with Gasteiger partial charge in [-0.15, -0.1) is 0 Å². The van der Waals surface area contributed by atoms with Crippen molar-refractivity contribution in [1.82, 2.24) is 9.97 Å². The molecule has 0 aliphatic heterocycles. The molecule has 4 N–H and O–H groups in total. The monoisotopic (exact) mass is 373 g/mol. The Morgan fingerprint density at radius 2 is 1.72 bits per heavy atom. The van der Waals surface area contributed by atoms with E-state index in [1.807, 2.05) is 49.4 Å². The van der Waals surface area contributed by atoms with E-state index >= 15 is 0 Å². The average molecular weight is 374 g/mol. The van der Waals surface area contributed by atoms with Crippen molar-refractivity contribution >= 4 is 46.2 Å². The third kappa shape index (κ3) is 4.32. The Morgan fingerprint density at radius 1 is 1.00 bits per heavy atom. The molecule has 0 aliphatic rings. The van der Waals surface area contributed by atoms with Gasteiger partial charge in [-0.05, 0) is 42.3 Å². The van der Waals surface area contributed by atoms with E-state index in [2.05, 4.69) is 20.6 Å². The van der Waals surface area contributed by atoms with Crippen molar-refractivity contribution < 1.29 is 0 Å². The van der Waals surface area contributed by atoms with Gasteiger partial charge in [0.2, 0.25) is 0 Å². The quantitative estimate of drug-likeness (QED) is 0.584. The molecule has 25 heavy (non-hydrogen) atoms. The largest absolute Gasteiger partial charge is 0.393 e. The van der Waals surface area contributed by atoms with E-state index in [-0.39, 0.29) is 0 Å². The number of benzene rings is 2. The standard InChI is InChI=1S/C18H17Cl2N5/c1-11-2-7-14(8-15(11)20)25-18-16(21)17(23-10-24-18)22-9-12-3-5-13(19)6-4-12/h2-8,10H,9,21H2,1H3,(H2,22,23,24,25). The zero-order valence-corrected chi connectivity index (χ0v) is 15.1. The Hall–Kier alpha value is -2.50. The van der Waals surface area contributed by atoms with Crippen LogP contribution in [0.3, 0.4) is 0 Å². The van der Waals surface area contributed by atoms with Crippen molar-refractivity contribution in [2.45, 2.75) is 13.5 Å². The molecule has 0 saturated heterocycles. The lowest BCUT2D eigenvalue weighted by Crippen LogP contribution is -2.08. The number of rotatable bonds is 5. The van der Waals surface area contributed by atoms with Gasteiger partial charge in [-0.3, -0.25) is 0 Å². The Balaban J connectivity index is 1.75. The second kappa shape index (κ2) is 7.59. The second-order valence-corrected chi connectivity index (χ2v) is 6.40. The molecule has 0 aliphatic carbocycles. The number of aromatic nitrogens is 2. The summed E-state index contributed by atoms with van der Waals surface area (Å²) >= 11 is 12.0. The van der Waals surface area contributed by atoms with Gasteiger partial charge in [-0.2, -0.15) is 0 Å². The fraction of sp³-hybridized carbons (Fsp3) is 0.111. The lowest BCUT2D eigenvalue weighted by molar-refractivity contribution is 1.09. The zero-order valence-electron chi connectivity index (χ0n) is 13.6. The summed E-state index contributed by atoms with van der Waals surface area (Å²) in [6.07, 6.45) is 1.46. The van der Waals surface area contributed by atoms with E-state index in [4.69, 9.17) is 28.9 Å². The highest BCUT2D eigenvalue weighted by molar-refractivity contribution is 6.31. The van der Waals surface area contributed by atoms with Gasteiger partial charge < -0.3 is 16.4 Å². The van der Waals surface area contributed by atoms with Crippen LogP contribution in [0.15, 0.2) is 48.8 Å². The van der Waals surface area contributed by atoms with E-state index < -0.39 is 0 Å². The molecule has 2 aromatic carbocycles. The Kier molecular flexibility index (Phi) is 5.26. The Labute approximate surface area is 156 Å². The van der Waals surface area contributed by atoms with Crippen LogP contribution in [0.4, 0.5) is 23.0 Å². The first-order chi connectivity index (χ1) is 12.0. The van der Waals surface area contributed by atoms with Crippen LogP contribution in [0.25, 0.3) is 0 Å². The van der Waals surface area contributed by atoms with Crippen LogP contribution >= 0.6 is 23.2 Å². The topological polar surface area (TPSA) is 75.9 Å². The van der Waals surface area contributed by atoms with Crippen molar-refractivity contribution in [3.63, 3.8) is 0 Å². The van der Waals surface area contributed by atoms with E-state index in [0.717, 1.165) is 16.8 Å². The van der Waals surface area contributed by atoms with Gasteiger partial charge in [-0.25, -0.2) is 9.97 Å². The fourth-order valence-corrected chi connectivity index (χ4v) is 2.54. The summed E-state index contributed by atoms with van der Waals surface area (Å²) in [5.41, 5.74) is 9.51. The number of anilines is 4.